The second kappa shape index (κ2) is 6.07. The number of benzene rings is 2. The van der Waals surface area contributed by atoms with E-state index in [1.807, 2.05) is 53.9 Å². The summed E-state index contributed by atoms with van der Waals surface area (Å²) < 4.78 is 3.12. The number of imidazole rings is 1. The van der Waals surface area contributed by atoms with E-state index < -0.39 is 0 Å². The maximum Gasteiger partial charge on any atom is 0.275 e. The van der Waals surface area contributed by atoms with Crippen LogP contribution in [-0.2, 0) is 6.54 Å². The van der Waals surface area contributed by atoms with Gasteiger partial charge in [-0.2, -0.15) is 0 Å². The van der Waals surface area contributed by atoms with Crippen LogP contribution < -0.4 is 10.6 Å². The summed E-state index contributed by atoms with van der Waals surface area (Å²) in [5.41, 5.74) is 3.38. The first-order valence-corrected chi connectivity index (χ1v) is 8.48. The molecule has 2 heterocycles. The van der Waals surface area contributed by atoms with Crippen molar-refractivity contribution in [2.24, 2.45) is 0 Å². The van der Waals surface area contributed by atoms with Gasteiger partial charge in [-0.25, -0.2) is 4.98 Å². The number of nitrogens with one attached hydrogen (secondary N) is 2. The van der Waals surface area contributed by atoms with E-state index in [-0.39, 0.29) is 5.91 Å². The molecule has 2 aromatic carbocycles. The fourth-order valence-electron chi connectivity index (χ4n) is 2.72. The first-order valence-electron chi connectivity index (χ1n) is 7.66. The summed E-state index contributed by atoms with van der Waals surface area (Å²) in [6.07, 6.45) is 1.79. The van der Waals surface area contributed by atoms with Gasteiger partial charge in [-0.1, -0.05) is 35.6 Å². The zero-order chi connectivity index (χ0) is 16.5. The average Bonchev–Trinajstić information content (AvgIpc) is 3.13. The van der Waals surface area contributed by atoms with Crippen molar-refractivity contribution >= 4 is 38.1 Å². The summed E-state index contributed by atoms with van der Waals surface area (Å²) in [6.45, 7) is 0.760. The number of fused-ring (bicyclic) bond motifs is 3. The van der Waals surface area contributed by atoms with Crippen molar-refractivity contribution in [3.05, 3.63) is 66.0 Å². The summed E-state index contributed by atoms with van der Waals surface area (Å²) in [7, 11) is 1.90. The number of rotatable bonds is 4. The van der Waals surface area contributed by atoms with Crippen LogP contribution in [0.3, 0.4) is 0 Å². The van der Waals surface area contributed by atoms with Crippen molar-refractivity contribution in [2.45, 2.75) is 6.54 Å². The Morgan fingerprint density at radius 3 is 2.96 bits per heavy atom. The monoisotopic (exact) mass is 336 g/mol. The molecule has 1 amide bonds. The summed E-state index contributed by atoms with van der Waals surface area (Å²) in [5, 5.41) is 6.02. The van der Waals surface area contributed by atoms with Crippen molar-refractivity contribution in [1.29, 1.82) is 0 Å². The molecular weight excluding hydrogens is 320 g/mol. The van der Waals surface area contributed by atoms with Crippen molar-refractivity contribution in [2.75, 3.05) is 12.4 Å². The Labute approximate surface area is 143 Å². The van der Waals surface area contributed by atoms with Crippen LogP contribution in [0.2, 0.25) is 0 Å². The van der Waals surface area contributed by atoms with Crippen LogP contribution in [0.1, 0.15) is 16.1 Å². The molecular formula is C18H16N4OS. The van der Waals surface area contributed by atoms with Gasteiger partial charge in [0.25, 0.3) is 5.91 Å². The van der Waals surface area contributed by atoms with Gasteiger partial charge in [-0.3, -0.25) is 9.20 Å². The molecule has 2 aromatic heterocycles. The minimum absolute atomic E-state index is 0.198. The predicted octanol–water partition coefficient (Wildman–Crippen LogP) is 3.52. The average molecular weight is 336 g/mol. The predicted molar refractivity (Wildman–Crippen MR) is 97.7 cm³/mol. The Morgan fingerprint density at radius 1 is 1.21 bits per heavy atom. The number of anilines is 1. The number of carbonyl (C=O) groups excluding carboxylic acids is 1. The Bertz CT molecular complexity index is 1030. The molecule has 0 aliphatic carbocycles. The highest BCUT2D eigenvalue weighted by Gasteiger charge is 2.14. The third kappa shape index (κ3) is 2.66. The van der Waals surface area contributed by atoms with E-state index in [2.05, 4.69) is 21.7 Å². The maximum absolute atomic E-state index is 12.5. The maximum atomic E-state index is 12.5. The van der Waals surface area contributed by atoms with Crippen molar-refractivity contribution in [3.63, 3.8) is 0 Å². The second-order valence-corrected chi connectivity index (χ2v) is 6.54. The van der Waals surface area contributed by atoms with Gasteiger partial charge in [-0.05, 0) is 36.9 Å². The molecule has 5 nitrogen and oxygen atoms in total. The molecule has 24 heavy (non-hydrogen) atoms. The minimum atomic E-state index is -0.198. The summed E-state index contributed by atoms with van der Waals surface area (Å²) in [6, 6.07) is 15.9. The summed E-state index contributed by atoms with van der Waals surface area (Å²) in [5.74, 6) is -0.198. The van der Waals surface area contributed by atoms with Gasteiger partial charge < -0.3 is 10.6 Å². The normalized spacial score (nSPS) is 11.2. The number of para-hydroxylation sites is 1. The number of carbonyl (C=O) groups is 1. The smallest absolute Gasteiger partial charge is 0.275 e. The Morgan fingerprint density at radius 2 is 2.08 bits per heavy atom. The van der Waals surface area contributed by atoms with Crippen LogP contribution in [0.5, 0.6) is 0 Å². The van der Waals surface area contributed by atoms with E-state index >= 15 is 0 Å². The number of hydrogen-bond donors (Lipinski definition) is 2. The van der Waals surface area contributed by atoms with Gasteiger partial charge in [0.1, 0.15) is 5.69 Å². The summed E-state index contributed by atoms with van der Waals surface area (Å²) >= 11 is 1.58. The number of nitrogens with zero attached hydrogens (tertiary/aromatic N) is 2. The molecule has 0 radical (unpaired) electrons. The molecule has 0 saturated heterocycles. The van der Waals surface area contributed by atoms with Gasteiger partial charge in [0.05, 0.1) is 10.2 Å². The lowest BCUT2D eigenvalue weighted by atomic mass is 10.2. The zero-order valence-electron chi connectivity index (χ0n) is 13.1. The number of hydrogen-bond acceptors (Lipinski definition) is 4. The molecule has 0 bridgehead atoms. The van der Waals surface area contributed by atoms with E-state index in [9.17, 15) is 4.79 Å². The quantitative estimate of drug-likeness (QED) is 0.599. The third-order valence-electron chi connectivity index (χ3n) is 3.80. The summed E-state index contributed by atoms with van der Waals surface area (Å²) in [4.78, 5) is 17.8. The molecule has 2 N–H and O–H groups in total. The van der Waals surface area contributed by atoms with Crippen molar-refractivity contribution < 1.29 is 4.79 Å². The molecule has 4 rings (SSSR count). The molecule has 0 atom stereocenters. The molecule has 0 aliphatic heterocycles. The van der Waals surface area contributed by atoms with E-state index in [4.69, 9.17) is 0 Å². The lowest BCUT2D eigenvalue weighted by Gasteiger charge is -2.06. The lowest BCUT2D eigenvalue weighted by Crippen LogP contribution is -2.13. The molecule has 6 heteroatoms. The van der Waals surface area contributed by atoms with Gasteiger partial charge in [0.15, 0.2) is 4.96 Å². The van der Waals surface area contributed by atoms with Gasteiger partial charge in [0, 0.05) is 18.4 Å². The Hall–Kier alpha value is -2.70. The Kier molecular flexibility index (Phi) is 3.76. The van der Waals surface area contributed by atoms with Crippen molar-refractivity contribution in [1.82, 2.24) is 14.7 Å². The number of amides is 1. The molecule has 0 unspecified atom stereocenters. The fourth-order valence-corrected chi connectivity index (χ4v) is 3.72. The molecule has 120 valence electrons. The van der Waals surface area contributed by atoms with Gasteiger partial charge in [0.2, 0.25) is 0 Å². The van der Waals surface area contributed by atoms with Crippen LogP contribution in [0, 0.1) is 0 Å². The van der Waals surface area contributed by atoms with Crippen LogP contribution in [0.4, 0.5) is 5.69 Å². The van der Waals surface area contributed by atoms with E-state index in [1.165, 1.54) is 0 Å². The van der Waals surface area contributed by atoms with E-state index in [0.717, 1.165) is 33.0 Å². The van der Waals surface area contributed by atoms with E-state index in [1.54, 1.807) is 17.5 Å². The lowest BCUT2D eigenvalue weighted by molar-refractivity contribution is 0.102. The highest BCUT2D eigenvalue weighted by molar-refractivity contribution is 7.23. The fraction of sp³-hybridized carbons (Fsp3) is 0.111. The minimum Gasteiger partial charge on any atom is -0.321 e. The number of aromatic nitrogens is 2. The largest absolute Gasteiger partial charge is 0.321 e. The van der Waals surface area contributed by atoms with Gasteiger partial charge >= 0.3 is 0 Å². The SMILES string of the molecule is CNCc1cccc(NC(=O)c2cn3c(n2)sc2ccccc23)c1. The zero-order valence-corrected chi connectivity index (χ0v) is 13.9. The third-order valence-corrected chi connectivity index (χ3v) is 4.83. The van der Waals surface area contributed by atoms with Crippen LogP contribution >= 0.6 is 11.3 Å². The Balaban J connectivity index is 1.62. The highest BCUT2D eigenvalue weighted by Crippen LogP contribution is 2.26. The highest BCUT2D eigenvalue weighted by atomic mass is 32.1. The van der Waals surface area contributed by atoms with Crippen LogP contribution in [-0.4, -0.2) is 22.3 Å². The standard InChI is InChI=1S/C18H16N4OS/c1-19-10-12-5-4-6-13(9-12)20-17(23)14-11-22-15-7-2-3-8-16(15)24-18(22)21-14/h2-9,11,19H,10H2,1H3,(H,20,23). The van der Waals surface area contributed by atoms with Gasteiger partial charge in [-0.15, -0.1) is 0 Å². The molecule has 4 aromatic rings. The first-order chi connectivity index (χ1) is 11.7. The second-order valence-electron chi connectivity index (χ2n) is 5.53. The van der Waals surface area contributed by atoms with Crippen molar-refractivity contribution in [3.8, 4) is 0 Å². The molecule has 0 fully saturated rings. The topological polar surface area (TPSA) is 58.4 Å². The number of thiazole rings is 1. The molecule has 0 spiro atoms. The molecule has 0 saturated carbocycles. The van der Waals surface area contributed by atoms with Crippen LogP contribution in [0.15, 0.2) is 54.7 Å². The molecule has 0 aliphatic rings. The van der Waals surface area contributed by atoms with Crippen LogP contribution in [0.25, 0.3) is 15.2 Å². The van der Waals surface area contributed by atoms with E-state index in [0.29, 0.717) is 5.69 Å². The first kappa shape index (κ1) is 14.9.